The number of benzene rings is 3. The maximum Gasteiger partial charge on any atom is 0.296 e. The van der Waals surface area contributed by atoms with Gasteiger partial charge in [-0.1, -0.05) is 12.1 Å². The minimum atomic E-state index is -0.939. The minimum Gasteiger partial charge on any atom is -0.496 e. The van der Waals surface area contributed by atoms with Gasteiger partial charge < -0.3 is 24.8 Å². The summed E-state index contributed by atoms with van der Waals surface area (Å²) >= 11 is 0. The molecule has 0 aromatic heterocycles. The number of rotatable bonds is 10. The fourth-order valence-electron chi connectivity index (χ4n) is 3.13. The second kappa shape index (κ2) is 11.5. The molecule has 0 aliphatic heterocycles. The number of nitrogens with one attached hydrogen (secondary N) is 2. The number of nitrogens with zero attached hydrogens (tertiary/aromatic N) is 1. The van der Waals surface area contributed by atoms with Crippen molar-refractivity contribution in [3.05, 3.63) is 82.4 Å². The Labute approximate surface area is 202 Å². The second-order valence-electron chi connectivity index (χ2n) is 7.30. The van der Waals surface area contributed by atoms with Crippen LogP contribution in [0.1, 0.15) is 24.2 Å². The molecule has 0 aliphatic carbocycles. The molecule has 0 unspecified atom stereocenters. The smallest absolute Gasteiger partial charge is 0.296 e. The molecule has 10 nitrogen and oxygen atoms in total. The van der Waals surface area contributed by atoms with Crippen molar-refractivity contribution in [3.8, 4) is 17.2 Å². The molecule has 0 heterocycles. The first kappa shape index (κ1) is 25.0. The highest BCUT2D eigenvalue weighted by Gasteiger charge is 2.22. The second-order valence-corrected chi connectivity index (χ2v) is 7.30. The fourth-order valence-corrected chi connectivity index (χ4v) is 3.13. The van der Waals surface area contributed by atoms with E-state index in [4.69, 9.17) is 14.2 Å². The summed E-state index contributed by atoms with van der Waals surface area (Å²) in [6.45, 7) is 3.97. The first-order valence-corrected chi connectivity index (χ1v) is 10.8. The van der Waals surface area contributed by atoms with E-state index in [9.17, 15) is 19.7 Å². The van der Waals surface area contributed by atoms with Crippen molar-refractivity contribution in [2.24, 2.45) is 0 Å². The maximum absolute atomic E-state index is 12.9. The van der Waals surface area contributed by atoms with Gasteiger partial charge in [0.2, 0.25) is 0 Å². The van der Waals surface area contributed by atoms with Crippen LogP contribution in [0.15, 0.2) is 66.7 Å². The van der Waals surface area contributed by atoms with Crippen molar-refractivity contribution in [1.29, 1.82) is 0 Å². The molecule has 0 saturated carbocycles. The summed E-state index contributed by atoms with van der Waals surface area (Å²) < 4.78 is 16.2. The number of nitro benzene ring substituents is 1. The normalized spacial score (nSPS) is 11.2. The Morgan fingerprint density at radius 3 is 2.34 bits per heavy atom. The summed E-state index contributed by atoms with van der Waals surface area (Å²) in [5.74, 6) is 0.0660. The van der Waals surface area contributed by atoms with Gasteiger partial charge in [0, 0.05) is 5.69 Å². The van der Waals surface area contributed by atoms with Crippen molar-refractivity contribution in [2.75, 3.05) is 24.4 Å². The number of carbonyl (C=O) groups is 2. The van der Waals surface area contributed by atoms with Crippen LogP contribution >= 0.6 is 0 Å². The van der Waals surface area contributed by atoms with Crippen LogP contribution in [0.3, 0.4) is 0 Å². The number of methoxy groups -OCH3 is 1. The van der Waals surface area contributed by atoms with Crippen LogP contribution in [0, 0.1) is 10.1 Å². The molecule has 35 heavy (non-hydrogen) atoms. The summed E-state index contributed by atoms with van der Waals surface area (Å²) in [5, 5.41) is 16.7. The Hall–Kier alpha value is -4.60. The number of nitro groups is 1. The van der Waals surface area contributed by atoms with Gasteiger partial charge in [-0.15, -0.1) is 0 Å². The molecule has 1 atom stereocenters. The van der Waals surface area contributed by atoms with Crippen molar-refractivity contribution < 1.29 is 28.7 Å². The molecular formula is C25H25N3O7. The van der Waals surface area contributed by atoms with Crippen LogP contribution in [0.5, 0.6) is 17.2 Å². The van der Waals surface area contributed by atoms with Gasteiger partial charge in [0.1, 0.15) is 22.9 Å². The number of para-hydroxylation sites is 1. The van der Waals surface area contributed by atoms with Gasteiger partial charge in [-0.25, -0.2) is 0 Å². The number of anilines is 2. The first-order chi connectivity index (χ1) is 16.8. The van der Waals surface area contributed by atoms with Crippen LogP contribution in [-0.2, 0) is 4.79 Å². The van der Waals surface area contributed by atoms with Gasteiger partial charge in [0.15, 0.2) is 6.10 Å². The number of carbonyl (C=O) groups excluding carboxylic acids is 2. The largest absolute Gasteiger partial charge is 0.496 e. The van der Waals surface area contributed by atoms with Gasteiger partial charge in [-0.3, -0.25) is 19.7 Å². The topological polar surface area (TPSA) is 129 Å². The highest BCUT2D eigenvalue weighted by Crippen LogP contribution is 2.30. The third-order valence-electron chi connectivity index (χ3n) is 4.89. The predicted octanol–water partition coefficient (Wildman–Crippen LogP) is 4.66. The summed E-state index contributed by atoms with van der Waals surface area (Å²) in [5.41, 5.74) is 0.348. The lowest BCUT2D eigenvalue weighted by Crippen LogP contribution is -2.30. The maximum atomic E-state index is 12.9. The van der Waals surface area contributed by atoms with Gasteiger partial charge in [-0.05, 0) is 62.4 Å². The SMILES string of the molecule is CCOc1ccc(NC(=O)[C@@H](C)Oc2ccccc2C(=O)Nc2ccc(OC)cc2[N+](=O)[O-])cc1. The van der Waals surface area contributed by atoms with E-state index < -0.39 is 22.8 Å². The number of hydrogen-bond donors (Lipinski definition) is 2. The molecule has 2 amide bonds. The van der Waals surface area contributed by atoms with E-state index in [0.29, 0.717) is 18.0 Å². The molecule has 3 rings (SSSR count). The van der Waals surface area contributed by atoms with E-state index in [1.807, 2.05) is 6.92 Å². The third-order valence-corrected chi connectivity index (χ3v) is 4.89. The number of hydrogen-bond acceptors (Lipinski definition) is 7. The van der Waals surface area contributed by atoms with E-state index in [1.54, 1.807) is 43.3 Å². The van der Waals surface area contributed by atoms with E-state index in [-0.39, 0.29) is 28.4 Å². The van der Waals surface area contributed by atoms with E-state index in [2.05, 4.69) is 10.6 Å². The zero-order valence-corrected chi connectivity index (χ0v) is 19.4. The lowest BCUT2D eigenvalue weighted by molar-refractivity contribution is -0.384. The van der Waals surface area contributed by atoms with Gasteiger partial charge >= 0.3 is 0 Å². The fraction of sp³-hybridized carbons (Fsp3) is 0.200. The highest BCUT2D eigenvalue weighted by atomic mass is 16.6. The molecule has 0 radical (unpaired) electrons. The van der Waals surface area contributed by atoms with Crippen molar-refractivity contribution in [2.45, 2.75) is 20.0 Å². The summed E-state index contributed by atoms with van der Waals surface area (Å²) in [6.07, 6.45) is -0.939. The number of amides is 2. The van der Waals surface area contributed by atoms with E-state index >= 15 is 0 Å². The minimum absolute atomic E-state index is 0.00288. The Kier molecular flexibility index (Phi) is 8.23. The van der Waals surface area contributed by atoms with Crippen molar-refractivity contribution >= 4 is 28.9 Å². The van der Waals surface area contributed by atoms with Crippen LogP contribution in [-0.4, -0.2) is 36.6 Å². The summed E-state index contributed by atoms with van der Waals surface area (Å²) in [6, 6.07) is 17.3. The summed E-state index contributed by atoms with van der Waals surface area (Å²) in [4.78, 5) is 36.4. The average molecular weight is 479 g/mol. The Morgan fingerprint density at radius 1 is 1.00 bits per heavy atom. The van der Waals surface area contributed by atoms with Crippen LogP contribution in [0.25, 0.3) is 0 Å². The molecule has 0 fully saturated rings. The molecule has 10 heteroatoms. The standard InChI is InChI=1S/C25H25N3O7/c1-4-34-18-11-9-17(10-12-18)26-24(29)16(2)35-23-8-6-5-7-20(23)25(30)27-21-14-13-19(33-3)15-22(21)28(31)32/h5-16H,4H2,1-3H3,(H,26,29)(H,27,30)/t16-/m1/s1. The van der Waals surface area contributed by atoms with Crippen molar-refractivity contribution in [1.82, 2.24) is 0 Å². The predicted molar refractivity (Wildman–Crippen MR) is 130 cm³/mol. The molecule has 0 saturated heterocycles. The monoisotopic (exact) mass is 479 g/mol. The summed E-state index contributed by atoms with van der Waals surface area (Å²) in [7, 11) is 1.39. The van der Waals surface area contributed by atoms with E-state index in [1.165, 1.54) is 37.4 Å². The average Bonchev–Trinajstić information content (AvgIpc) is 2.85. The zero-order chi connectivity index (χ0) is 25.4. The molecule has 182 valence electrons. The molecule has 2 N–H and O–H groups in total. The molecule has 3 aromatic rings. The number of ether oxygens (including phenoxy) is 3. The lowest BCUT2D eigenvalue weighted by atomic mass is 10.1. The van der Waals surface area contributed by atoms with Crippen molar-refractivity contribution in [3.63, 3.8) is 0 Å². The van der Waals surface area contributed by atoms with Crippen LogP contribution < -0.4 is 24.8 Å². The molecule has 3 aromatic carbocycles. The highest BCUT2D eigenvalue weighted by molar-refractivity contribution is 6.07. The van der Waals surface area contributed by atoms with Gasteiger partial charge in [0.05, 0.1) is 30.3 Å². The molecule has 0 bridgehead atoms. The van der Waals surface area contributed by atoms with Gasteiger partial charge in [0.25, 0.3) is 17.5 Å². The van der Waals surface area contributed by atoms with Crippen LogP contribution in [0.4, 0.5) is 17.1 Å². The Bertz CT molecular complexity index is 1210. The Morgan fingerprint density at radius 2 is 1.69 bits per heavy atom. The molecular weight excluding hydrogens is 454 g/mol. The zero-order valence-electron chi connectivity index (χ0n) is 19.4. The van der Waals surface area contributed by atoms with Crippen LogP contribution in [0.2, 0.25) is 0 Å². The lowest BCUT2D eigenvalue weighted by Gasteiger charge is -2.17. The molecule has 0 spiro atoms. The van der Waals surface area contributed by atoms with Gasteiger partial charge in [-0.2, -0.15) is 0 Å². The van der Waals surface area contributed by atoms with E-state index in [0.717, 1.165) is 0 Å². The Balaban J connectivity index is 1.72. The first-order valence-electron chi connectivity index (χ1n) is 10.8. The third kappa shape index (κ3) is 6.47. The quantitative estimate of drug-likeness (QED) is 0.320. The molecule has 0 aliphatic rings.